The third kappa shape index (κ3) is 3.67. The van der Waals surface area contributed by atoms with Gasteiger partial charge in [0, 0.05) is 18.4 Å². The first-order valence-electron chi connectivity index (χ1n) is 5.56. The van der Waals surface area contributed by atoms with Gasteiger partial charge < -0.3 is 0 Å². The number of carbonyl (C=O) groups is 1. The van der Waals surface area contributed by atoms with Crippen LogP contribution in [0.5, 0.6) is 0 Å². The van der Waals surface area contributed by atoms with Gasteiger partial charge in [-0.1, -0.05) is 0 Å². The minimum atomic E-state index is -2.78. The highest BCUT2D eigenvalue weighted by Crippen LogP contribution is 2.31. The molecule has 0 aliphatic carbocycles. The number of hydrogen-bond donors (Lipinski definition) is 0. The smallest absolute Gasteiger partial charge is 0.261 e. The third-order valence-corrected chi connectivity index (χ3v) is 3.32. The second kappa shape index (κ2) is 5.41. The summed E-state index contributed by atoms with van der Waals surface area (Å²) in [5.74, 6) is -3.79. The number of halogens is 3. The Balaban J connectivity index is 2.73. The topological polar surface area (TPSA) is 20.3 Å². The van der Waals surface area contributed by atoms with E-state index in [9.17, 15) is 13.6 Å². The zero-order chi connectivity index (χ0) is 12.3. The van der Waals surface area contributed by atoms with Crippen LogP contribution in [0, 0.1) is 5.92 Å². The van der Waals surface area contributed by atoms with Gasteiger partial charge in [0.05, 0.1) is 12.4 Å². The Morgan fingerprint density at radius 3 is 2.69 bits per heavy atom. The fraction of sp³-hybridized carbons (Fsp3) is 0.909. The van der Waals surface area contributed by atoms with Gasteiger partial charge in [-0.05, 0) is 26.8 Å². The summed E-state index contributed by atoms with van der Waals surface area (Å²) in [5, 5.41) is 0. The fourth-order valence-electron chi connectivity index (χ4n) is 2.05. The Hall–Kier alpha value is -0.220. The van der Waals surface area contributed by atoms with Crippen molar-refractivity contribution in [2.24, 2.45) is 5.92 Å². The molecule has 2 nitrogen and oxygen atoms in total. The number of rotatable bonds is 3. The SMILES string of the molecule is CC(C)N1CCC(C(=O)CCl)CC(F)(F)C1. The summed E-state index contributed by atoms with van der Waals surface area (Å²) in [6, 6.07) is 0.0794. The molecule has 1 saturated heterocycles. The van der Waals surface area contributed by atoms with Crippen molar-refractivity contribution in [1.82, 2.24) is 4.90 Å². The summed E-state index contributed by atoms with van der Waals surface area (Å²) in [7, 11) is 0. The van der Waals surface area contributed by atoms with Gasteiger partial charge in [0.25, 0.3) is 5.92 Å². The second-order valence-electron chi connectivity index (χ2n) is 4.71. The molecule has 0 N–H and O–H groups in total. The summed E-state index contributed by atoms with van der Waals surface area (Å²) in [4.78, 5) is 13.1. The predicted octanol–water partition coefficient (Wildman–Crippen LogP) is 2.55. The van der Waals surface area contributed by atoms with Gasteiger partial charge in [-0.25, -0.2) is 8.78 Å². The molecule has 0 amide bonds. The Labute approximate surface area is 99.9 Å². The third-order valence-electron chi connectivity index (χ3n) is 3.06. The molecule has 0 bridgehead atoms. The molecule has 16 heavy (non-hydrogen) atoms. The van der Waals surface area contributed by atoms with Gasteiger partial charge in [-0.2, -0.15) is 0 Å². The van der Waals surface area contributed by atoms with E-state index in [2.05, 4.69) is 0 Å². The molecule has 5 heteroatoms. The summed E-state index contributed by atoms with van der Waals surface area (Å²) in [6.07, 6.45) is 0.126. The van der Waals surface area contributed by atoms with Gasteiger partial charge in [0.15, 0.2) is 5.78 Å². The van der Waals surface area contributed by atoms with Gasteiger partial charge in [-0.15, -0.1) is 11.6 Å². The molecule has 1 aliphatic heterocycles. The standard InChI is InChI=1S/C11H18ClF2NO/c1-8(2)15-4-3-9(10(16)6-12)5-11(13,14)7-15/h8-9H,3-7H2,1-2H3. The van der Waals surface area contributed by atoms with Crippen LogP contribution in [-0.2, 0) is 4.79 Å². The Morgan fingerprint density at radius 1 is 1.56 bits per heavy atom. The van der Waals surface area contributed by atoms with E-state index in [-0.39, 0.29) is 30.7 Å². The minimum absolute atomic E-state index is 0.0794. The number of nitrogens with zero attached hydrogens (tertiary/aromatic N) is 1. The van der Waals surface area contributed by atoms with Crippen molar-refractivity contribution >= 4 is 17.4 Å². The molecule has 0 aromatic rings. The molecule has 1 fully saturated rings. The number of hydrogen-bond acceptors (Lipinski definition) is 2. The van der Waals surface area contributed by atoms with Crippen molar-refractivity contribution in [3.05, 3.63) is 0 Å². The highest BCUT2D eigenvalue weighted by atomic mass is 35.5. The lowest BCUT2D eigenvalue weighted by atomic mass is 9.95. The number of ketones is 1. The summed E-state index contributed by atoms with van der Waals surface area (Å²) in [6.45, 7) is 4.07. The molecular formula is C11H18ClF2NO. The number of carbonyl (C=O) groups excluding carboxylic acids is 1. The van der Waals surface area contributed by atoms with Crippen molar-refractivity contribution in [2.75, 3.05) is 19.0 Å². The number of Topliss-reactive ketones (excluding diaryl/α,β-unsaturated/α-hetero) is 1. The van der Waals surface area contributed by atoms with Crippen LogP contribution in [0.15, 0.2) is 0 Å². The molecule has 1 rings (SSSR count). The van der Waals surface area contributed by atoms with Crippen molar-refractivity contribution in [3.63, 3.8) is 0 Å². The van der Waals surface area contributed by atoms with Gasteiger partial charge in [-0.3, -0.25) is 9.69 Å². The van der Waals surface area contributed by atoms with Gasteiger partial charge in [0.1, 0.15) is 0 Å². The highest BCUT2D eigenvalue weighted by Gasteiger charge is 2.40. The van der Waals surface area contributed by atoms with Crippen LogP contribution in [0.4, 0.5) is 8.78 Å². The molecule has 0 aromatic heterocycles. The lowest BCUT2D eigenvalue weighted by molar-refractivity contribution is -0.123. The maximum atomic E-state index is 13.6. The van der Waals surface area contributed by atoms with Crippen molar-refractivity contribution in [2.45, 2.75) is 38.7 Å². The quantitative estimate of drug-likeness (QED) is 0.721. The van der Waals surface area contributed by atoms with Crippen LogP contribution < -0.4 is 0 Å². The van der Waals surface area contributed by atoms with E-state index >= 15 is 0 Å². The van der Waals surface area contributed by atoms with Crippen LogP contribution >= 0.6 is 11.6 Å². The summed E-state index contributed by atoms with van der Waals surface area (Å²) in [5.41, 5.74) is 0. The second-order valence-corrected chi connectivity index (χ2v) is 4.98. The van der Waals surface area contributed by atoms with Gasteiger partial charge in [0.2, 0.25) is 0 Å². The van der Waals surface area contributed by atoms with E-state index in [1.54, 1.807) is 4.90 Å². The molecule has 1 unspecified atom stereocenters. The first-order valence-corrected chi connectivity index (χ1v) is 6.10. The van der Waals surface area contributed by atoms with Crippen molar-refractivity contribution < 1.29 is 13.6 Å². The molecule has 1 heterocycles. The molecule has 1 aliphatic rings. The van der Waals surface area contributed by atoms with Crippen molar-refractivity contribution in [3.8, 4) is 0 Å². The number of alkyl halides is 3. The van der Waals surface area contributed by atoms with Crippen LogP contribution in [0.25, 0.3) is 0 Å². The molecule has 1 atom stereocenters. The van der Waals surface area contributed by atoms with Crippen LogP contribution in [0.3, 0.4) is 0 Å². The molecule has 0 spiro atoms. The maximum Gasteiger partial charge on any atom is 0.261 e. The largest absolute Gasteiger partial charge is 0.298 e. The van der Waals surface area contributed by atoms with E-state index in [4.69, 9.17) is 11.6 Å². The zero-order valence-electron chi connectivity index (χ0n) is 9.68. The van der Waals surface area contributed by atoms with E-state index in [1.807, 2.05) is 13.8 Å². The lowest BCUT2D eigenvalue weighted by Crippen LogP contribution is -2.39. The van der Waals surface area contributed by atoms with Crippen molar-refractivity contribution in [1.29, 1.82) is 0 Å². The average Bonchev–Trinajstić information content (AvgIpc) is 2.35. The Morgan fingerprint density at radius 2 is 2.19 bits per heavy atom. The fourth-order valence-corrected chi connectivity index (χ4v) is 2.27. The maximum absolute atomic E-state index is 13.6. The summed E-state index contributed by atoms with van der Waals surface area (Å²) >= 11 is 5.42. The molecule has 0 radical (unpaired) electrons. The van der Waals surface area contributed by atoms with E-state index < -0.39 is 11.8 Å². The zero-order valence-corrected chi connectivity index (χ0v) is 10.4. The first-order chi connectivity index (χ1) is 7.35. The highest BCUT2D eigenvalue weighted by molar-refractivity contribution is 6.27. The minimum Gasteiger partial charge on any atom is -0.298 e. The van der Waals surface area contributed by atoms with Gasteiger partial charge >= 0.3 is 0 Å². The number of likely N-dealkylation sites (tertiary alicyclic amines) is 1. The Kier molecular flexibility index (Phi) is 4.68. The van der Waals surface area contributed by atoms with Crippen LogP contribution in [0.2, 0.25) is 0 Å². The molecule has 94 valence electrons. The normalized spacial score (nSPS) is 26.8. The van der Waals surface area contributed by atoms with E-state index in [0.717, 1.165) is 0 Å². The molecule has 0 saturated carbocycles. The van der Waals surface area contributed by atoms with Crippen LogP contribution in [-0.4, -0.2) is 41.6 Å². The molecular weight excluding hydrogens is 236 g/mol. The first kappa shape index (κ1) is 13.8. The lowest BCUT2D eigenvalue weighted by Gasteiger charge is -2.27. The van der Waals surface area contributed by atoms with E-state index in [0.29, 0.717) is 13.0 Å². The summed E-state index contributed by atoms with van der Waals surface area (Å²) < 4.78 is 27.2. The predicted molar refractivity (Wildman–Crippen MR) is 60.1 cm³/mol. The average molecular weight is 254 g/mol. The van der Waals surface area contributed by atoms with E-state index in [1.165, 1.54) is 0 Å². The van der Waals surface area contributed by atoms with Crippen LogP contribution in [0.1, 0.15) is 26.7 Å². The Bertz CT molecular complexity index is 258. The monoisotopic (exact) mass is 253 g/mol. The molecule has 0 aromatic carbocycles.